The number of anilines is 1. The van der Waals surface area contributed by atoms with E-state index in [0.29, 0.717) is 23.7 Å². The summed E-state index contributed by atoms with van der Waals surface area (Å²) >= 11 is 5.90. The Morgan fingerprint density at radius 3 is 2.08 bits per heavy atom. The minimum atomic E-state index is -0.473. The van der Waals surface area contributed by atoms with Gasteiger partial charge in [-0.15, -0.1) is 0 Å². The van der Waals surface area contributed by atoms with Gasteiger partial charge in [0.05, 0.1) is 4.92 Å². The molecule has 2 aromatic carbocycles. The third kappa shape index (κ3) is 3.49. The lowest BCUT2D eigenvalue weighted by Crippen LogP contribution is -2.48. The molecule has 0 aliphatic carbocycles. The zero-order chi connectivity index (χ0) is 17.1. The third-order valence-electron chi connectivity index (χ3n) is 4.08. The lowest BCUT2D eigenvalue weighted by Gasteiger charge is -2.36. The van der Waals surface area contributed by atoms with E-state index in [1.165, 1.54) is 24.3 Å². The van der Waals surface area contributed by atoms with Crippen molar-refractivity contribution in [1.29, 1.82) is 0 Å². The summed E-state index contributed by atoms with van der Waals surface area (Å²) < 4.78 is 0. The number of carbonyl (C=O) groups is 1. The number of hydrogen-bond acceptors (Lipinski definition) is 4. The number of rotatable bonds is 3. The number of benzene rings is 2. The van der Waals surface area contributed by atoms with Crippen molar-refractivity contribution < 1.29 is 9.72 Å². The summed E-state index contributed by atoms with van der Waals surface area (Å²) in [7, 11) is 0. The average molecular weight is 346 g/mol. The van der Waals surface area contributed by atoms with Gasteiger partial charge >= 0.3 is 0 Å². The number of nitro benzene ring substituents is 1. The maximum atomic E-state index is 12.5. The van der Waals surface area contributed by atoms with Gasteiger partial charge < -0.3 is 9.80 Å². The Labute approximate surface area is 144 Å². The highest BCUT2D eigenvalue weighted by Gasteiger charge is 2.22. The van der Waals surface area contributed by atoms with Gasteiger partial charge in [0.1, 0.15) is 0 Å². The molecule has 0 spiro atoms. The number of carbonyl (C=O) groups excluding carboxylic acids is 1. The third-order valence-corrected chi connectivity index (χ3v) is 4.34. The van der Waals surface area contributed by atoms with Crippen molar-refractivity contribution >= 4 is 28.9 Å². The fourth-order valence-electron chi connectivity index (χ4n) is 2.73. The predicted molar refractivity (Wildman–Crippen MR) is 92.7 cm³/mol. The van der Waals surface area contributed by atoms with Crippen LogP contribution in [0.5, 0.6) is 0 Å². The number of piperazine rings is 1. The van der Waals surface area contributed by atoms with Gasteiger partial charge in [-0.25, -0.2) is 0 Å². The van der Waals surface area contributed by atoms with Gasteiger partial charge in [-0.1, -0.05) is 11.6 Å². The lowest BCUT2D eigenvalue weighted by atomic mass is 10.1. The van der Waals surface area contributed by atoms with Crippen molar-refractivity contribution in [3.05, 3.63) is 69.2 Å². The summed E-state index contributed by atoms with van der Waals surface area (Å²) in [5.41, 5.74) is 1.54. The zero-order valence-corrected chi connectivity index (χ0v) is 13.6. The molecular formula is C17H16ClN3O3. The fraction of sp³-hybridized carbons (Fsp3) is 0.235. The van der Waals surface area contributed by atoms with Crippen LogP contribution in [0.2, 0.25) is 5.02 Å². The first-order valence-electron chi connectivity index (χ1n) is 7.59. The molecule has 0 radical (unpaired) electrons. The largest absolute Gasteiger partial charge is 0.368 e. The van der Waals surface area contributed by atoms with Crippen LogP contribution in [-0.4, -0.2) is 41.9 Å². The molecule has 1 amide bonds. The summed E-state index contributed by atoms with van der Waals surface area (Å²) in [6.07, 6.45) is 0. The second-order valence-electron chi connectivity index (χ2n) is 5.56. The van der Waals surface area contributed by atoms with Crippen molar-refractivity contribution in [3.8, 4) is 0 Å². The van der Waals surface area contributed by atoms with Gasteiger partial charge in [-0.05, 0) is 36.4 Å². The normalized spacial score (nSPS) is 14.5. The quantitative estimate of drug-likeness (QED) is 0.633. The van der Waals surface area contributed by atoms with E-state index in [-0.39, 0.29) is 11.6 Å². The number of non-ortho nitro benzene ring substituents is 1. The van der Waals surface area contributed by atoms with Gasteiger partial charge in [0, 0.05) is 54.6 Å². The average Bonchev–Trinajstić information content (AvgIpc) is 2.62. The first-order valence-corrected chi connectivity index (χ1v) is 7.96. The Morgan fingerprint density at radius 2 is 1.54 bits per heavy atom. The maximum Gasteiger partial charge on any atom is 0.269 e. The molecule has 7 heteroatoms. The Hall–Kier alpha value is -2.60. The van der Waals surface area contributed by atoms with Crippen LogP contribution in [-0.2, 0) is 0 Å². The molecule has 0 aromatic heterocycles. The summed E-state index contributed by atoms with van der Waals surface area (Å²) in [6, 6.07) is 13.4. The monoisotopic (exact) mass is 345 g/mol. The molecular weight excluding hydrogens is 330 g/mol. The summed E-state index contributed by atoms with van der Waals surface area (Å²) in [5, 5.41) is 11.4. The predicted octanol–water partition coefficient (Wildman–Crippen LogP) is 3.21. The van der Waals surface area contributed by atoms with E-state index in [1.807, 2.05) is 24.3 Å². The van der Waals surface area contributed by atoms with E-state index in [1.54, 1.807) is 4.90 Å². The van der Waals surface area contributed by atoms with Crippen molar-refractivity contribution in [3.63, 3.8) is 0 Å². The Morgan fingerprint density at radius 1 is 0.958 bits per heavy atom. The van der Waals surface area contributed by atoms with Crippen LogP contribution in [0.3, 0.4) is 0 Å². The van der Waals surface area contributed by atoms with Crippen molar-refractivity contribution in [2.75, 3.05) is 31.1 Å². The van der Waals surface area contributed by atoms with Crippen LogP contribution < -0.4 is 4.90 Å². The van der Waals surface area contributed by atoms with Crippen LogP contribution in [0, 0.1) is 10.1 Å². The highest BCUT2D eigenvalue weighted by atomic mass is 35.5. The van der Waals surface area contributed by atoms with Gasteiger partial charge in [-0.3, -0.25) is 14.9 Å². The molecule has 1 fully saturated rings. The number of halogens is 1. The number of nitrogens with zero attached hydrogens (tertiary/aromatic N) is 3. The van der Waals surface area contributed by atoms with E-state index < -0.39 is 4.92 Å². The molecule has 0 saturated carbocycles. The van der Waals surface area contributed by atoms with E-state index in [9.17, 15) is 14.9 Å². The number of hydrogen-bond donors (Lipinski definition) is 0. The van der Waals surface area contributed by atoms with Crippen LogP contribution in [0.15, 0.2) is 48.5 Å². The first kappa shape index (κ1) is 16.3. The molecule has 0 atom stereocenters. The van der Waals surface area contributed by atoms with E-state index in [2.05, 4.69) is 4.90 Å². The second-order valence-corrected chi connectivity index (χ2v) is 6.00. The zero-order valence-electron chi connectivity index (χ0n) is 12.9. The summed E-state index contributed by atoms with van der Waals surface area (Å²) in [5.74, 6) is -0.0966. The highest BCUT2D eigenvalue weighted by Crippen LogP contribution is 2.20. The Bertz CT molecular complexity index is 739. The summed E-state index contributed by atoms with van der Waals surface area (Å²) in [6.45, 7) is 2.69. The van der Waals surface area contributed by atoms with Gasteiger partial charge in [0.25, 0.3) is 11.6 Å². The SMILES string of the molecule is O=C(c1ccc([N+](=O)[O-])cc1)N1CCN(c2ccc(Cl)cc2)CC1. The Kier molecular flexibility index (Phi) is 4.66. The fourth-order valence-corrected chi connectivity index (χ4v) is 2.85. The smallest absolute Gasteiger partial charge is 0.269 e. The molecule has 0 N–H and O–H groups in total. The molecule has 6 nitrogen and oxygen atoms in total. The molecule has 1 aliphatic rings. The molecule has 0 unspecified atom stereocenters. The van der Waals surface area contributed by atoms with E-state index >= 15 is 0 Å². The molecule has 2 aromatic rings. The minimum absolute atomic E-state index is 0.0147. The lowest BCUT2D eigenvalue weighted by molar-refractivity contribution is -0.384. The molecule has 1 aliphatic heterocycles. The van der Waals surface area contributed by atoms with E-state index in [0.717, 1.165) is 18.8 Å². The molecule has 1 saturated heterocycles. The van der Waals surface area contributed by atoms with E-state index in [4.69, 9.17) is 11.6 Å². The molecule has 0 bridgehead atoms. The molecule has 124 valence electrons. The molecule has 3 rings (SSSR count). The van der Waals surface area contributed by atoms with Gasteiger partial charge in [0.2, 0.25) is 0 Å². The topological polar surface area (TPSA) is 66.7 Å². The molecule has 24 heavy (non-hydrogen) atoms. The van der Waals surface area contributed by atoms with Gasteiger partial charge in [-0.2, -0.15) is 0 Å². The van der Waals surface area contributed by atoms with Crippen molar-refractivity contribution in [1.82, 2.24) is 4.90 Å². The minimum Gasteiger partial charge on any atom is -0.368 e. The van der Waals surface area contributed by atoms with Crippen LogP contribution >= 0.6 is 11.6 Å². The van der Waals surface area contributed by atoms with Crippen molar-refractivity contribution in [2.24, 2.45) is 0 Å². The van der Waals surface area contributed by atoms with Crippen molar-refractivity contribution in [2.45, 2.75) is 0 Å². The van der Waals surface area contributed by atoms with Crippen LogP contribution in [0.25, 0.3) is 0 Å². The first-order chi connectivity index (χ1) is 11.5. The van der Waals surface area contributed by atoms with Crippen LogP contribution in [0.1, 0.15) is 10.4 Å². The number of nitro groups is 1. The second kappa shape index (κ2) is 6.88. The van der Waals surface area contributed by atoms with Crippen LogP contribution in [0.4, 0.5) is 11.4 Å². The summed E-state index contributed by atoms with van der Waals surface area (Å²) in [4.78, 5) is 26.7. The molecule has 1 heterocycles. The standard InChI is InChI=1S/C17H16ClN3O3/c18-14-3-7-15(8-4-14)19-9-11-20(12-10-19)17(22)13-1-5-16(6-2-13)21(23)24/h1-8H,9-12H2. The Balaban J connectivity index is 1.62. The van der Waals surface area contributed by atoms with Gasteiger partial charge in [0.15, 0.2) is 0 Å². The number of amides is 1. The maximum absolute atomic E-state index is 12.5. The highest BCUT2D eigenvalue weighted by molar-refractivity contribution is 6.30.